The molecule has 0 fully saturated rings. The van der Waals surface area contributed by atoms with Crippen molar-refractivity contribution in [3.05, 3.63) is 47.6 Å². The number of nitrogens with one attached hydrogen (secondary N) is 1. The zero-order chi connectivity index (χ0) is 11.4. The largest absolute Gasteiger partial charge is 0.440 e. The molecule has 0 bridgehead atoms. The lowest BCUT2D eigenvalue weighted by atomic mass is 10.1. The topological polar surface area (TPSA) is 28.9 Å². The molecule has 2 heterocycles. The van der Waals surface area contributed by atoms with Crippen molar-refractivity contribution in [3.8, 4) is 0 Å². The molecule has 2 aromatic carbocycles. The van der Waals surface area contributed by atoms with E-state index in [-0.39, 0.29) is 0 Å². The summed E-state index contributed by atoms with van der Waals surface area (Å²) in [6.07, 6.45) is 1.88. The minimum absolute atomic E-state index is 0.755. The Labute approximate surface area is 102 Å². The van der Waals surface area contributed by atoms with Gasteiger partial charge in [-0.25, -0.2) is 0 Å². The number of fused-ring (bicyclic) bond motifs is 4. The molecule has 4 rings (SSSR count). The van der Waals surface area contributed by atoms with Crippen molar-refractivity contribution in [3.63, 3.8) is 0 Å². The lowest BCUT2D eigenvalue weighted by molar-refractivity contribution is 0.656. The molecule has 17 heavy (non-hydrogen) atoms. The number of hydrogen-bond donors (Lipinski definition) is 1. The van der Waals surface area contributed by atoms with Gasteiger partial charge in [0.2, 0.25) is 5.71 Å². The first kappa shape index (κ1) is 9.14. The van der Waals surface area contributed by atoms with Gasteiger partial charge in [-0.1, -0.05) is 17.7 Å². The van der Waals surface area contributed by atoms with Crippen LogP contribution in [0.5, 0.6) is 0 Å². The van der Waals surface area contributed by atoms with Crippen molar-refractivity contribution in [1.82, 2.24) is 4.98 Å². The van der Waals surface area contributed by atoms with Crippen molar-refractivity contribution < 1.29 is 4.42 Å². The second-order valence-corrected chi connectivity index (χ2v) is 4.60. The Morgan fingerprint density at radius 3 is 2.82 bits per heavy atom. The maximum absolute atomic E-state index is 6.01. The molecule has 0 unspecified atom stereocenters. The molecule has 0 aliphatic carbocycles. The molecule has 2 aromatic heterocycles. The van der Waals surface area contributed by atoms with Crippen LogP contribution in [0, 0.1) is 0 Å². The SMILES string of the molecule is Clc1ccc2cc3oc4[nH]ccc4c3cc2c1. The molecule has 0 aliphatic rings. The first-order chi connectivity index (χ1) is 8.31. The average Bonchev–Trinajstić information content (AvgIpc) is 2.87. The lowest BCUT2D eigenvalue weighted by Gasteiger charge is -1.98. The van der Waals surface area contributed by atoms with Gasteiger partial charge in [-0.2, -0.15) is 0 Å². The van der Waals surface area contributed by atoms with E-state index in [0.717, 1.165) is 37.9 Å². The molecule has 0 radical (unpaired) electrons. The van der Waals surface area contributed by atoms with Gasteiger partial charge in [0.05, 0.1) is 0 Å². The van der Waals surface area contributed by atoms with Gasteiger partial charge in [-0.15, -0.1) is 0 Å². The van der Waals surface area contributed by atoms with Crippen LogP contribution in [0.4, 0.5) is 0 Å². The molecule has 0 saturated heterocycles. The molecule has 1 N–H and O–H groups in total. The molecule has 0 aliphatic heterocycles. The average molecular weight is 242 g/mol. The van der Waals surface area contributed by atoms with Crippen LogP contribution < -0.4 is 0 Å². The van der Waals surface area contributed by atoms with Gasteiger partial charge in [0.15, 0.2) is 0 Å². The Morgan fingerprint density at radius 2 is 1.88 bits per heavy atom. The quantitative estimate of drug-likeness (QED) is 0.474. The fraction of sp³-hybridized carbons (Fsp3) is 0. The number of furan rings is 1. The molecule has 0 saturated carbocycles. The number of H-pyrrole nitrogens is 1. The molecule has 0 spiro atoms. The molecule has 0 amide bonds. The van der Waals surface area contributed by atoms with Gasteiger partial charge in [0, 0.05) is 22.0 Å². The summed E-state index contributed by atoms with van der Waals surface area (Å²) in [6, 6.07) is 12.1. The van der Waals surface area contributed by atoms with Gasteiger partial charge in [0.25, 0.3) is 0 Å². The minimum Gasteiger partial charge on any atom is -0.440 e. The zero-order valence-corrected chi connectivity index (χ0v) is 9.58. The lowest BCUT2D eigenvalue weighted by Crippen LogP contribution is -1.73. The number of benzene rings is 2. The van der Waals surface area contributed by atoms with E-state index in [1.165, 1.54) is 0 Å². The molecule has 4 aromatic rings. The van der Waals surface area contributed by atoms with Crippen LogP contribution in [0.1, 0.15) is 0 Å². The predicted octanol–water partition coefficient (Wildman–Crippen LogP) is 4.72. The van der Waals surface area contributed by atoms with E-state index < -0.39 is 0 Å². The van der Waals surface area contributed by atoms with Gasteiger partial charge in [0.1, 0.15) is 5.58 Å². The molecule has 2 nitrogen and oxygen atoms in total. The van der Waals surface area contributed by atoms with Gasteiger partial charge < -0.3 is 9.40 Å². The Morgan fingerprint density at radius 1 is 0.941 bits per heavy atom. The van der Waals surface area contributed by atoms with Crippen LogP contribution in [0.15, 0.2) is 47.0 Å². The van der Waals surface area contributed by atoms with Crippen LogP contribution in [-0.4, -0.2) is 4.98 Å². The molecule has 3 heteroatoms. The zero-order valence-electron chi connectivity index (χ0n) is 8.83. The van der Waals surface area contributed by atoms with Crippen LogP contribution in [0.3, 0.4) is 0 Å². The summed E-state index contributed by atoms with van der Waals surface area (Å²) < 4.78 is 5.74. The van der Waals surface area contributed by atoms with E-state index in [0.29, 0.717) is 0 Å². The maximum Gasteiger partial charge on any atom is 0.205 e. The van der Waals surface area contributed by atoms with Gasteiger partial charge >= 0.3 is 0 Å². The Balaban J connectivity index is 2.25. The molecular formula is C14H8ClNO. The summed E-state index contributed by atoms with van der Waals surface area (Å²) in [5, 5.41) is 5.26. The highest BCUT2D eigenvalue weighted by atomic mass is 35.5. The van der Waals surface area contributed by atoms with E-state index >= 15 is 0 Å². The first-order valence-electron chi connectivity index (χ1n) is 5.40. The van der Waals surface area contributed by atoms with E-state index in [2.05, 4.69) is 17.1 Å². The Bertz CT molecular complexity index is 856. The van der Waals surface area contributed by atoms with Gasteiger partial charge in [-0.3, -0.25) is 0 Å². The van der Waals surface area contributed by atoms with Gasteiger partial charge in [-0.05, 0) is 41.1 Å². The van der Waals surface area contributed by atoms with Crippen molar-refractivity contribution in [2.75, 3.05) is 0 Å². The monoisotopic (exact) mass is 241 g/mol. The summed E-state index contributed by atoms with van der Waals surface area (Å²) in [6.45, 7) is 0. The van der Waals surface area contributed by atoms with Crippen LogP contribution in [-0.2, 0) is 0 Å². The molecule has 82 valence electrons. The van der Waals surface area contributed by atoms with Crippen LogP contribution in [0.2, 0.25) is 5.02 Å². The third-order valence-electron chi connectivity index (χ3n) is 3.11. The third kappa shape index (κ3) is 1.22. The minimum atomic E-state index is 0.755. The summed E-state index contributed by atoms with van der Waals surface area (Å²) >= 11 is 6.01. The highest BCUT2D eigenvalue weighted by Gasteiger charge is 2.08. The summed E-state index contributed by atoms with van der Waals surface area (Å²) in [4.78, 5) is 3.08. The summed E-state index contributed by atoms with van der Waals surface area (Å²) in [5.74, 6) is 0. The first-order valence-corrected chi connectivity index (χ1v) is 5.78. The molecule has 0 atom stereocenters. The normalized spacial score (nSPS) is 11.8. The van der Waals surface area contributed by atoms with Crippen LogP contribution in [0.25, 0.3) is 32.8 Å². The standard InChI is InChI=1S/C14H8ClNO/c15-10-2-1-8-7-13-12(6-9(8)5-10)11-3-4-16-14(11)17-13/h1-7,16H. The van der Waals surface area contributed by atoms with Crippen molar-refractivity contribution >= 4 is 44.4 Å². The number of hydrogen-bond acceptors (Lipinski definition) is 1. The highest BCUT2D eigenvalue weighted by Crippen LogP contribution is 2.32. The number of halogens is 1. The van der Waals surface area contributed by atoms with E-state index in [1.54, 1.807) is 0 Å². The molecular weight excluding hydrogens is 234 g/mol. The Hall–Kier alpha value is -1.93. The number of aromatic nitrogens is 1. The number of rotatable bonds is 0. The van der Waals surface area contributed by atoms with E-state index in [4.69, 9.17) is 16.0 Å². The number of aromatic amines is 1. The highest BCUT2D eigenvalue weighted by molar-refractivity contribution is 6.31. The maximum atomic E-state index is 6.01. The van der Waals surface area contributed by atoms with E-state index in [1.807, 2.05) is 30.5 Å². The second kappa shape index (κ2) is 3.05. The van der Waals surface area contributed by atoms with Crippen molar-refractivity contribution in [2.24, 2.45) is 0 Å². The fourth-order valence-electron chi connectivity index (χ4n) is 2.30. The van der Waals surface area contributed by atoms with E-state index in [9.17, 15) is 0 Å². The third-order valence-corrected chi connectivity index (χ3v) is 3.35. The Kier molecular flexibility index (Phi) is 1.64. The second-order valence-electron chi connectivity index (χ2n) is 4.16. The van der Waals surface area contributed by atoms with Crippen molar-refractivity contribution in [1.29, 1.82) is 0 Å². The van der Waals surface area contributed by atoms with Crippen molar-refractivity contribution in [2.45, 2.75) is 0 Å². The predicted molar refractivity (Wildman–Crippen MR) is 70.6 cm³/mol. The smallest absolute Gasteiger partial charge is 0.205 e. The fourth-order valence-corrected chi connectivity index (χ4v) is 2.48. The van der Waals surface area contributed by atoms with Crippen LogP contribution >= 0.6 is 11.6 Å². The summed E-state index contributed by atoms with van der Waals surface area (Å²) in [7, 11) is 0. The summed E-state index contributed by atoms with van der Waals surface area (Å²) in [5.41, 5.74) is 1.73.